The highest BCUT2D eigenvalue weighted by molar-refractivity contribution is 5.76. The number of hydrogen-bond donors (Lipinski definition) is 12. The van der Waals surface area contributed by atoms with E-state index in [0.717, 1.165) is 128 Å². The lowest BCUT2D eigenvalue weighted by Gasteiger charge is -2.48. The summed E-state index contributed by atoms with van der Waals surface area (Å²) in [7, 11) is 0. The highest BCUT2D eigenvalue weighted by Crippen LogP contribution is 2.33. The molecule has 3 saturated heterocycles. The van der Waals surface area contributed by atoms with Gasteiger partial charge in [-0.2, -0.15) is 0 Å². The van der Waals surface area contributed by atoms with Crippen LogP contribution in [-0.2, 0) is 33.2 Å². The van der Waals surface area contributed by atoms with Gasteiger partial charge in [-0.1, -0.05) is 232 Å². The second kappa shape index (κ2) is 54.2. The van der Waals surface area contributed by atoms with Gasteiger partial charge in [-0.25, -0.2) is 0 Å². The Balaban J connectivity index is 1.38. The van der Waals surface area contributed by atoms with E-state index in [0.29, 0.717) is 6.42 Å². The molecule has 3 rings (SSSR count). The first-order valence-corrected chi connectivity index (χ1v) is 35.3. The fourth-order valence-corrected chi connectivity index (χ4v) is 11.1. The number of carbonyl (C=O) groups excluding carboxylic acids is 1. The molecule has 0 aliphatic carbocycles. The molecule has 0 radical (unpaired) electrons. The number of ether oxygens (including phenoxy) is 6. The fourth-order valence-electron chi connectivity index (χ4n) is 11.1. The van der Waals surface area contributed by atoms with Crippen LogP contribution in [-0.4, -0.2) is 193 Å². The Labute approximate surface area is 557 Å². The summed E-state index contributed by atoms with van der Waals surface area (Å²) in [4.78, 5) is 13.4. The molecule has 17 unspecified atom stereocenters. The standard InChI is InChI=1S/C74H123NO18/c1-3-5-7-9-11-13-15-17-18-19-20-21-22-23-24-25-26-27-28-29-30-31-32-33-34-35-36-37-38-40-42-44-46-48-50-52-62(80)75-57(58(79)51-49-47-45-43-41-39-16-14-12-10-8-6-4-2)56-88-72-68(86)65(83)70(60(54-77)90-72)93-74-69(87)66(84)71(61(55-78)91-74)92-73-67(85)64(82)63(81)59(53-76)89-73/h5,7,11,13,17-18,20-21,23-24,26-27,29-30,32-33,35-36,49,51,57-61,63-74,76-79,81-87H,3-4,6,8-10,12,14-16,19,22,25,28,31,34,37-48,50,52-56H2,1-2H3,(H,75,80)/b7-5-,13-11-,18-17-,21-20-,24-23-,27-26-,30-29-,33-32-,36-35-,51-49+. The zero-order valence-corrected chi connectivity index (χ0v) is 56.2. The number of unbranched alkanes of at least 4 members (excludes halogenated alkanes) is 18. The van der Waals surface area contributed by atoms with Gasteiger partial charge in [0.25, 0.3) is 0 Å². The molecule has 19 heteroatoms. The molecule has 532 valence electrons. The lowest BCUT2D eigenvalue weighted by Crippen LogP contribution is -2.66. The SMILES string of the molecule is CC/C=C\C/C=C\C/C=C\C/C=C\C/C=C\C/C=C\C/C=C\C/C=C\C/C=C\CCCCCCCCCC(=O)NC(COC1OC(CO)C(OC2OC(CO)C(OC3OC(CO)C(O)C(O)C3O)C(O)C2O)C(O)C1O)C(O)/C=C/CCCCCCCCCCCCC. The molecule has 17 atom stereocenters. The number of aliphatic hydroxyl groups is 11. The van der Waals surface area contributed by atoms with Crippen molar-refractivity contribution in [3.05, 3.63) is 122 Å². The zero-order valence-electron chi connectivity index (χ0n) is 56.2. The van der Waals surface area contributed by atoms with Crippen molar-refractivity contribution in [2.45, 2.75) is 311 Å². The van der Waals surface area contributed by atoms with Crippen LogP contribution < -0.4 is 5.32 Å². The number of nitrogens with one attached hydrogen (secondary N) is 1. The van der Waals surface area contributed by atoms with Crippen molar-refractivity contribution in [2.24, 2.45) is 0 Å². The van der Waals surface area contributed by atoms with Crippen LogP contribution in [0.4, 0.5) is 0 Å². The summed E-state index contributed by atoms with van der Waals surface area (Å²) in [5.41, 5.74) is 0. The van der Waals surface area contributed by atoms with Crippen molar-refractivity contribution in [1.82, 2.24) is 5.32 Å². The summed E-state index contributed by atoms with van der Waals surface area (Å²) in [6, 6.07) is -0.987. The first-order valence-electron chi connectivity index (χ1n) is 35.3. The predicted molar refractivity (Wildman–Crippen MR) is 364 cm³/mol. The second-order valence-electron chi connectivity index (χ2n) is 24.6. The summed E-state index contributed by atoms with van der Waals surface area (Å²) in [5.74, 6) is -0.293. The molecule has 19 nitrogen and oxygen atoms in total. The van der Waals surface area contributed by atoms with Crippen molar-refractivity contribution >= 4 is 5.91 Å². The minimum Gasteiger partial charge on any atom is -0.394 e. The maximum atomic E-state index is 13.4. The van der Waals surface area contributed by atoms with E-state index in [1.54, 1.807) is 6.08 Å². The lowest BCUT2D eigenvalue weighted by atomic mass is 9.96. The number of rotatable bonds is 52. The fraction of sp³-hybridized carbons (Fsp3) is 0.716. The Bertz CT molecular complexity index is 2160. The first-order chi connectivity index (χ1) is 45.3. The van der Waals surface area contributed by atoms with Crippen LogP contribution in [0.2, 0.25) is 0 Å². The Morgan fingerprint density at radius 3 is 1.16 bits per heavy atom. The van der Waals surface area contributed by atoms with E-state index in [4.69, 9.17) is 28.4 Å². The summed E-state index contributed by atoms with van der Waals surface area (Å²) in [6.45, 7) is 1.58. The molecule has 3 heterocycles. The van der Waals surface area contributed by atoms with Gasteiger partial charge in [-0.3, -0.25) is 4.79 Å². The molecule has 12 N–H and O–H groups in total. The average molecular weight is 1310 g/mol. The third-order valence-electron chi connectivity index (χ3n) is 16.8. The lowest BCUT2D eigenvalue weighted by molar-refractivity contribution is -0.379. The number of carbonyl (C=O) groups is 1. The Morgan fingerprint density at radius 2 is 0.742 bits per heavy atom. The van der Waals surface area contributed by atoms with Crippen molar-refractivity contribution in [3.8, 4) is 0 Å². The predicted octanol–water partition coefficient (Wildman–Crippen LogP) is 9.60. The van der Waals surface area contributed by atoms with Crippen LogP contribution in [0.25, 0.3) is 0 Å². The number of allylic oxidation sites excluding steroid dienone is 19. The smallest absolute Gasteiger partial charge is 0.220 e. The van der Waals surface area contributed by atoms with Gasteiger partial charge in [0.15, 0.2) is 18.9 Å². The van der Waals surface area contributed by atoms with Gasteiger partial charge in [-0.05, 0) is 89.9 Å². The van der Waals surface area contributed by atoms with Gasteiger partial charge in [0.2, 0.25) is 5.91 Å². The molecule has 1 amide bonds. The molecule has 0 saturated carbocycles. The Morgan fingerprint density at radius 1 is 0.398 bits per heavy atom. The number of aliphatic hydroxyl groups excluding tert-OH is 11. The summed E-state index contributed by atoms with van der Waals surface area (Å²) in [5, 5.41) is 120. The van der Waals surface area contributed by atoms with E-state index >= 15 is 0 Å². The van der Waals surface area contributed by atoms with Crippen molar-refractivity contribution in [1.29, 1.82) is 0 Å². The molecule has 0 aromatic carbocycles. The normalized spacial score (nSPS) is 28.3. The largest absolute Gasteiger partial charge is 0.394 e. The molecule has 93 heavy (non-hydrogen) atoms. The third-order valence-corrected chi connectivity index (χ3v) is 16.8. The quantitative estimate of drug-likeness (QED) is 0.0199. The molecular formula is C74H123NO18. The topological polar surface area (TPSA) is 307 Å². The highest BCUT2D eigenvalue weighted by Gasteiger charge is 2.53. The highest BCUT2D eigenvalue weighted by atomic mass is 16.8. The van der Waals surface area contributed by atoms with Crippen molar-refractivity contribution in [2.75, 3.05) is 26.4 Å². The Hall–Kier alpha value is -3.81. The van der Waals surface area contributed by atoms with E-state index in [-0.39, 0.29) is 18.9 Å². The average Bonchev–Trinajstić information content (AvgIpc) is 0.842. The van der Waals surface area contributed by atoms with E-state index in [9.17, 15) is 61.0 Å². The molecular weight excluding hydrogens is 1190 g/mol. The van der Waals surface area contributed by atoms with Gasteiger partial charge in [0.1, 0.15) is 73.2 Å². The summed E-state index contributed by atoms with van der Waals surface area (Å²) >= 11 is 0. The number of amides is 1. The van der Waals surface area contributed by atoms with Gasteiger partial charge in [0, 0.05) is 6.42 Å². The van der Waals surface area contributed by atoms with Crippen LogP contribution in [0.15, 0.2) is 122 Å². The number of hydrogen-bond acceptors (Lipinski definition) is 18. The molecule has 0 bridgehead atoms. The molecule has 3 fully saturated rings. The van der Waals surface area contributed by atoms with E-state index in [1.807, 2.05) is 6.08 Å². The van der Waals surface area contributed by atoms with Crippen LogP contribution in [0, 0.1) is 0 Å². The summed E-state index contributed by atoms with van der Waals surface area (Å²) < 4.78 is 34.3. The zero-order chi connectivity index (χ0) is 67.5. The van der Waals surface area contributed by atoms with Crippen LogP contribution in [0.5, 0.6) is 0 Å². The minimum absolute atomic E-state index is 0.222. The summed E-state index contributed by atoms with van der Waals surface area (Å²) in [6.07, 6.45) is 47.5. The molecule has 0 aromatic heterocycles. The molecule has 3 aliphatic rings. The molecule has 0 spiro atoms. The van der Waals surface area contributed by atoms with Crippen LogP contribution in [0.1, 0.15) is 206 Å². The van der Waals surface area contributed by atoms with E-state index < -0.39 is 124 Å². The Kier molecular flexibility index (Phi) is 48.6. The maximum absolute atomic E-state index is 13.4. The van der Waals surface area contributed by atoms with Gasteiger partial charge >= 0.3 is 0 Å². The van der Waals surface area contributed by atoms with Gasteiger partial charge in [0.05, 0.1) is 38.6 Å². The second-order valence-corrected chi connectivity index (χ2v) is 24.6. The molecule has 3 aliphatic heterocycles. The van der Waals surface area contributed by atoms with Gasteiger partial charge < -0.3 is 89.9 Å². The van der Waals surface area contributed by atoms with Gasteiger partial charge in [-0.15, -0.1) is 0 Å². The van der Waals surface area contributed by atoms with Crippen molar-refractivity contribution in [3.63, 3.8) is 0 Å². The molecule has 0 aromatic rings. The van der Waals surface area contributed by atoms with Crippen LogP contribution in [0.3, 0.4) is 0 Å². The minimum atomic E-state index is -1.98. The van der Waals surface area contributed by atoms with E-state index in [2.05, 4.69) is 129 Å². The van der Waals surface area contributed by atoms with E-state index in [1.165, 1.54) is 51.4 Å². The third kappa shape index (κ3) is 35.8. The first kappa shape index (κ1) is 83.4. The van der Waals surface area contributed by atoms with Crippen LogP contribution >= 0.6 is 0 Å². The monoisotopic (exact) mass is 1310 g/mol. The maximum Gasteiger partial charge on any atom is 0.220 e. The van der Waals surface area contributed by atoms with Crippen molar-refractivity contribution < 1.29 is 89.4 Å².